The van der Waals surface area contributed by atoms with Gasteiger partial charge in [0, 0.05) is 13.0 Å². The van der Waals surface area contributed by atoms with Gasteiger partial charge in [-0.2, -0.15) is 0 Å². The zero-order chi connectivity index (χ0) is 35.4. The monoisotopic (exact) mass is 699 g/mol. The highest BCUT2D eigenvalue weighted by Crippen LogP contribution is 2.43. The third-order valence-electron chi connectivity index (χ3n) is 8.45. The minimum absolute atomic E-state index is 0.0723. The van der Waals surface area contributed by atoms with E-state index >= 15 is 0 Å². The molecule has 0 aliphatic rings. The second-order valence-corrected chi connectivity index (χ2v) is 14.6. The Morgan fingerprint density at radius 3 is 1.58 bits per heavy atom. The molecule has 0 fully saturated rings. The Hall–Kier alpha value is -1.28. The molecule has 3 unspecified atom stereocenters. The first-order valence-electron chi connectivity index (χ1n) is 19.6. The normalized spacial score (nSPS) is 14.7. The Balaban J connectivity index is 4.29. The van der Waals surface area contributed by atoms with Crippen molar-refractivity contribution in [3.63, 3.8) is 0 Å². The van der Waals surface area contributed by atoms with Gasteiger partial charge in [0.15, 0.2) is 0 Å². The number of aliphatic hydroxyl groups excluding tert-OH is 1. The summed E-state index contributed by atoms with van der Waals surface area (Å²) in [5.74, 6) is -0.209. The maximum atomic E-state index is 12.7. The fourth-order valence-electron chi connectivity index (χ4n) is 5.44. The lowest BCUT2D eigenvalue weighted by atomic mass is 10.0. The second-order valence-electron chi connectivity index (χ2n) is 13.1. The summed E-state index contributed by atoms with van der Waals surface area (Å²) < 4.78 is 22.0. The van der Waals surface area contributed by atoms with E-state index in [0.29, 0.717) is 6.42 Å². The summed E-state index contributed by atoms with van der Waals surface area (Å²) in [6, 6.07) is -0.878. The first-order valence-corrected chi connectivity index (χ1v) is 21.1. The molecule has 0 heterocycles. The van der Waals surface area contributed by atoms with Crippen LogP contribution >= 0.6 is 7.82 Å². The molecule has 0 saturated carbocycles. The van der Waals surface area contributed by atoms with Crippen molar-refractivity contribution in [3.8, 4) is 0 Å². The van der Waals surface area contributed by atoms with E-state index in [-0.39, 0.29) is 25.7 Å². The molecule has 8 nitrogen and oxygen atoms in total. The van der Waals surface area contributed by atoms with E-state index in [9.17, 15) is 19.4 Å². The van der Waals surface area contributed by atoms with Crippen molar-refractivity contribution in [1.82, 2.24) is 5.32 Å². The molecule has 0 aliphatic carbocycles. The van der Waals surface area contributed by atoms with E-state index in [1.54, 1.807) is 6.08 Å². The predicted molar refractivity (Wildman–Crippen MR) is 203 cm³/mol. The van der Waals surface area contributed by atoms with Gasteiger partial charge in [0.05, 0.1) is 25.4 Å². The number of phosphoric acid groups is 1. The van der Waals surface area contributed by atoms with Crippen molar-refractivity contribution < 1.29 is 28.4 Å². The number of hydrogen-bond donors (Lipinski definition) is 4. The van der Waals surface area contributed by atoms with E-state index in [1.807, 2.05) is 6.08 Å². The number of nitrogens with two attached hydrogens (primary N) is 1. The van der Waals surface area contributed by atoms with Crippen molar-refractivity contribution in [2.75, 3.05) is 19.8 Å². The number of unbranched alkanes of at least 4 members (excludes halogenated alkanes) is 20. The molecular formula is C39H75N2O6P. The lowest BCUT2D eigenvalue weighted by molar-refractivity contribution is -0.123. The zero-order valence-electron chi connectivity index (χ0n) is 31.0. The molecule has 5 N–H and O–H groups in total. The number of phosphoric ester groups is 1. The third-order valence-corrected chi connectivity index (χ3v) is 9.43. The average Bonchev–Trinajstić information content (AvgIpc) is 3.07. The molecule has 0 bridgehead atoms. The first-order chi connectivity index (χ1) is 23.4. The van der Waals surface area contributed by atoms with Crippen LogP contribution in [0.3, 0.4) is 0 Å². The van der Waals surface area contributed by atoms with Crippen LogP contribution in [0.25, 0.3) is 0 Å². The zero-order valence-corrected chi connectivity index (χ0v) is 31.9. The fourth-order valence-corrected chi connectivity index (χ4v) is 6.20. The standard InChI is InChI=1S/C39H75N2O6P/c1-3-5-7-9-11-13-15-17-18-19-20-21-23-25-27-29-31-33-39(43)41-37(36-47-48(44,45)46-35-34-40)38(42)32-30-28-26-24-22-16-14-12-10-8-6-4-2/h10,12,22,24,30,32,37-38,42H,3-9,11,13-21,23,25-29,31,33-36,40H2,1-2H3,(H,41,43)(H,44,45)/b12-10+,24-22+,32-30+. The van der Waals surface area contributed by atoms with Crippen LogP contribution in [-0.4, -0.2) is 47.8 Å². The molecule has 1 amide bonds. The Kier molecular flexibility index (Phi) is 34.6. The molecule has 9 heteroatoms. The van der Waals surface area contributed by atoms with Gasteiger partial charge in [-0.15, -0.1) is 0 Å². The van der Waals surface area contributed by atoms with Crippen LogP contribution in [0.5, 0.6) is 0 Å². The summed E-state index contributed by atoms with van der Waals surface area (Å²) in [6.07, 6.45) is 40.5. The van der Waals surface area contributed by atoms with Gasteiger partial charge in [0.25, 0.3) is 0 Å². The number of carbonyl (C=O) groups is 1. The molecule has 0 radical (unpaired) electrons. The SMILES string of the molecule is CCCC/C=C/CC/C=C/CC/C=C/C(O)C(COP(=O)(O)OCCN)NC(=O)CCCCCCCCCCCCCCCCCCC. The van der Waals surface area contributed by atoms with Crippen LogP contribution in [0.2, 0.25) is 0 Å². The first kappa shape index (κ1) is 46.7. The van der Waals surface area contributed by atoms with Crippen molar-refractivity contribution in [2.45, 2.75) is 187 Å². The summed E-state index contributed by atoms with van der Waals surface area (Å²) in [7, 11) is -4.34. The maximum absolute atomic E-state index is 12.7. The van der Waals surface area contributed by atoms with Gasteiger partial charge in [-0.25, -0.2) is 4.57 Å². The largest absolute Gasteiger partial charge is 0.472 e. The van der Waals surface area contributed by atoms with Gasteiger partial charge in [-0.3, -0.25) is 13.8 Å². The van der Waals surface area contributed by atoms with Crippen molar-refractivity contribution in [1.29, 1.82) is 0 Å². The topological polar surface area (TPSA) is 131 Å². The van der Waals surface area contributed by atoms with Crippen LogP contribution in [0.1, 0.15) is 174 Å². The smallest absolute Gasteiger partial charge is 0.387 e. The van der Waals surface area contributed by atoms with Crippen LogP contribution in [0, 0.1) is 0 Å². The van der Waals surface area contributed by atoms with Crippen LogP contribution in [-0.2, 0) is 18.4 Å². The Morgan fingerprint density at radius 2 is 1.10 bits per heavy atom. The fraction of sp³-hybridized carbons (Fsp3) is 0.821. The third kappa shape index (κ3) is 33.2. The highest BCUT2D eigenvalue weighted by Gasteiger charge is 2.26. The molecule has 0 spiro atoms. The summed E-state index contributed by atoms with van der Waals surface area (Å²) in [5.41, 5.74) is 5.35. The minimum Gasteiger partial charge on any atom is -0.387 e. The molecule has 0 aliphatic heterocycles. The molecular weight excluding hydrogens is 623 g/mol. The predicted octanol–water partition coefficient (Wildman–Crippen LogP) is 10.4. The molecule has 3 atom stereocenters. The summed E-state index contributed by atoms with van der Waals surface area (Å²) in [6.45, 7) is 4.05. The number of hydrogen-bond acceptors (Lipinski definition) is 6. The lowest BCUT2D eigenvalue weighted by Crippen LogP contribution is -2.45. The van der Waals surface area contributed by atoms with Crippen molar-refractivity contribution in [3.05, 3.63) is 36.5 Å². The Labute approximate surface area is 295 Å². The summed E-state index contributed by atoms with van der Waals surface area (Å²) >= 11 is 0. The highest BCUT2D eigenvalue weighted by atomic mass is 31.2. The molecule has 0 rings (SSSR count). The second kappa shape index (κ2) is 35.5. The summed E-state index contributed by atoms with van der Waals surface area (Å²) in [5, 5.41) is 13.6. The quantitative estimate of drug-likeness (QED) is 0.0291. The number of aliphatic hydroxyl groups is 1. The van der Waals surface area contributed by atoms with Crippen LogP contribution in [0.4, 0.5) is 0 Å². The van der Waals surface area contributed by atoms with Crippen LogP contribution in [0.15, 0.2) is 36.5 Å². The number of carbonyl (C=O) groups excluding carboxylic acids is 1. The van der Waals surface area contributed by atoms with E-state index < -0.39 is 20.0 Å². The van der Waals surface area contributed by atoms with Crippen molar-refractivity contribution in [2.24, 2.45) is 5.73 Å². The molecule has 282 valence electrons. The van der Waals surface area contributed by atoms with Gasteiger partial charge in [0.1, 0.15) is 0 Å². The van der Waals surface area contributed by atoms with Gasteiger partial charge < -0.3 is 21.1 Å². The molecule has 0 saturated heterocycles. The van der Waals surface area contributed by atoms with E-state index in [0.717, 1.165) is 51.4 Å². The maximum Gasteiger partial charge on any atom is 0.472 e. The van der Waals surface area contributed by atoms with Gasteiger partial charge in [-0.05, 0) is 38.5 Å². The van der Waals surface area contributed by atoms with Gasteiger partial charge in [-0.1, -0.05) is 166 Å². The number of nitrogens with one attached hydrogen (secondary N) is 1. The highest BCUT2D eigenvalue weighted by molar-refractivity contribution is 7.47. The Bertz CT molecular complexity index is 850. The molecule has 0 aromatic carbocycles. The van der Waals surface area contributed by atoms with Gasteiger partial charge >= 0.3 is 7.82 Å². The average molecular weight is 699 g/mol. The number of allylic oxidation sites excluding steroid dienone is 5. The lowest BCUT2D eigenvalue weighted by Gasteiger charge is -2.23. The van der Waals surface area contributed by atoms with E-state index in [2.05, 4.69) is 43.5 Å². The van der Waals surface area contributed by atoms with Crippen LogP contribution < -0.4 is 11.1 Å². The van der Waals surface area contributed by atoms with Gasteiger partial charge in [0.2, 0.25) is 5.91 Å². The van der Waals surface area contributed by atoms with E-state index in [1.165, 1.54) is 103 Å². The Morgan fingerprint density at radius 1 is 0.667 bits per heavy atom. The molecule has 48 heavy (non-hydrogen) atoms. The number of amides is 1. The number of rotatable bonds is 36. The molecule has 0 aromatic heterocycles. The summed E-state index contributed by atoms with van der Waals surface area (Å²) in [4.78, 5) is 22.6. The minimum atomic E-state index is -4.34. The van der Waals surface area contributed by atoms with E-state index in [4.69, 9.17) is 14.8 Å². The van der Waals surface area contributed by atoms with Crippen molar-refractivity contribution >= 4 is 13.7 Å². The molecule has 0 aromatic rings.